The highest BCUT2D eigenvalue weighted by Crippen LogP contribution is 2.21. The predicted molar refractivity (Wildman–Crippen MR) is 68.7 cm³/mol. The van der Waals surface area contributed by atoms with E-state index in [9.17, 15) is 4.79 Å². The van der Waals surface area contributed by atoms with Crippen molar-refractivity contribution in [3.8, 4) is 5.75 Å². The first-order chi connectivity index (χ1) is 8.75. The van der Waals surface area contributed by atoms with E-state index in [2.05, 4.69) is 4.90 Å². The lowest BCUT2D eigenvalue weighted by molar-refractivity contribution is -0.139. The number of likely N-dealkylation sites (tertiary alicyclic amines) is 1. The number of hydrogen-bond donors (Lipinski definition) is 1. The second-order valence-electron chi connectivity index (χ2n) is 4.63. The van der Waals surface area contributed by atoms with Gasteiger partial charge in [-0.05, 0) is 32.0 Å². The molecule has 4 nitrogen and oxygen atoms in total. The zero-order chi connectivity index (χ0) is 12.8. The van der Waals surface area contributed by atoms with Gasteiger partial charge in [-0.1, -0.05) is 24.6 Å². The molecule has 1 aromatic rings. The van der Waals surface area contributed by atoms with Gasteiger partial charge in [-0.15, -0.1) is 0 Å². The Hall–Kier alpha value is -1.55. The Morgan fingerprint density at radius 2 is 1.94 bits per heavy atom. The lowest BCUT2D eigenvalue weighted by Crippen LogP contribution is -2.29. The van der Waals surface area contributed by atoms with Gasteiger partial charge in [-0.3, -0.25) is 4.90 Å². The first kappa shape index (κ1) is 12.9. The van der Waals surface area contributed by atoms with Gasteiger partial charge in [-0.2, -0.15) is 0 Å². The predicted octanol–water partition coefficient (Wildman–Crippen LogP) is 2.14. The minimum absolute atomic E-state index is 0.281. The Morgan fingerprint density at radius 3 is 2.67 bits per heavy atom. The molecule has 1 fully saturated rings. The Balaban J connectivity index is 1.99. The number of benzene rings is 1. The Morgan fingerprint density at radius 1 is 1.22 bits per heavy atom. The van der Waals surface area contributed by atoms with E-state index in [0.717, 1.165) is 25.2 Å². The van der Waals surface area contributed by atoms with Crippen molar-refractivity contribution >= 4 is 5.97 Å². The summed E-state index contributed by atoms with van der Waals surface area (Å²) in [4.78, 5) is 12.9. The third kappa shape index (κ3) is 3.74. The lowest BCUT2D eigenvalue weighted by atomic mass is 10.1. The molecular formula is C14H19NO3. The zero-order valence-electron chi connectivity index (χ0n) is 10.5. The number of carboxylic acids is 1. The van der Waals surface area contributed by atoms with E-state index in [1.54, 1.807) is 0 Å². The van der Waals surface area contributed by atoms with Crippen LogP contribution in [0.3, 0.4) is 0 Å². The monoisotopic (exact) mass is 249 g/mol. The number of aliphatic carboxylic acids is 1. The molecular weight excluding hydrogens is 230 g/mol. The summed E-state index contributed by atoms with van der Waals surface area (Å²) in [6.07, 6.45) is 3.81. The van der Waals surface area contributed by atoms with Gasteiger partial charge in [-0.25, -0.2) is 4.79 Å². The molecule has 0 saturated carbocycles. The van der Waals surface area contributed by atoms with Crippen LogP contribution in [0.15, 0.2) is 24.3 Å². The fourth-order valence-corrected chi connectivity index (χ4v) is 2.27. The highest BCUT2D eigenvalue weighted by molar-refractivity contribution is 5.68. The summed E-state index contributed by atoms with van der Waals surface area (Å²) in [6, 6.07) is 7.68. The van der Waals surface area contributed by atoms with Crippen molar-refractivity contribution in [1.29, 1.82) is 0 Å². The molecule has 1 N–H and O–H groups in total. The summed E-state index contributed by atoms with van der Waals surface area (Å²) >= 11 is 0. The number of carboxylic acid groups (broad SMARTS) is 1. The van der Waals surface area contributed by atoms with Crippen molar-refractivity contribution in [2.75, 3.05) is 19.7 Å². The van der Waals surface area contributed by atoms with E-state index in [4.69, 9.17) is 9.84 Å². The smallest absolute Gasteiger partial charge is 0.341 e. The first-order valence-electron chi connectivity index (χ1n) is 6.40. The molecule has 0 atom stereocenters. The topological polar surface area (TPSA) is 49.8 Å². The van der Waals surface area contributed by atoms with Gasteiger partial charge in [0.2, 0.25) is 0 Å². The van der Waals surface area contributed by atoms with Gasteiger partial charge >= 0.3 is 5.97 Å². The molecule has 1 aromatic carbocycles. The van der Waals surface area contributed by atoms with Crippen LogP contribution in [0.5, 0.6) is 5.75 Å². The number of hydrogen-bond acceptors (Lipinski definition) is 3. The average Bonchev–Trinajstić information content (AvgIpc) is 2.39. The molecule has 1 saturated heterocycles. The van der Waals surface area contributed by atoms with E-state index in [0.29, 0.717) is 5.75 Å². The van der Waals surface area contributed by atoms with Crippen molar-refractivity contribution in [3.63, 3.8) is 0 Å². The molecule has 1 aliphatic heterocycles. The fraction of sp³-hybridized carbons (Fsp3) is 0.500. The van der Waals surface area contributed by atoms with Gasteiger partial charge in [0.1, 0.15) is 5.75 Å². The SMILES string of the molecule is O=C(O)COc1ccccc1CN1CCCCC1. The third-order valence-electron chi connectivity index (χ3n) is 3.17. The summed E-state index contributed by atoms with van der Waals surface area (Å²) in [5.74, 6) is -0.256. The van der Waals surface area contributed by atoms with Crippen LogP contribution in [0.2, 0.25) is 0 Å². The summed E-state index contributed by atoms with van der Waals surface area (Å²) in [5.41, 5.74) is 1.07. The molecule has 0 unspecified atom stereocenters. The number of nitrogens with zero attached hydrogens (tertiary/aromatic N) is 1. The van der Waals surface area contributed by atoms with Crippen molar-refractivity contribution in [3.05, 3.63) is 29.8 Å². The summed E-state index contributed by atoms with van der Waals surface area (Å²) in [7, 11) is 0. The van der Waals surface area contributed by atoms with Crippen molar-refractivity contribution in [2.24, 2.45) is 0 Å². The minimum atomic E-state index is -0.942. The molecule has 0 bridgehead atoms. The summed E-state index contributed by atoms with van der Waals surface area (Å²) in [6.45, 7) is 2.80. The largest absolute Gasteiger partial charge is 0.482 e. The molecule has 1 heterocycles. The summed E-state index contributed by atoms with van der Waals surface area (Å²) < 4.78 is 5.31. The van der Waals surface area contributed by atoms with Crippen LogP contribution in [-0.4, -0.2) is 35.7 Å². The standard InChI is InChI=1S/C14H19NO3/c16-14(17)11-18-13-7-3-2-6-12(13)10-15-8-4-1-5-9-15/h2-3,6-7H,1,4-5,8-11H2,(H,16,17). The van der Waals surface area contributed by atoms with Crippen LogP contribution in [0.1, 0.15) is 24.8 Å². The molecule has 98 valence electrons. The van der Waals surface area contributed by atoms with Crippen LogP contribution >= 0.6 is 0 Å². The summed E-state index contributed by atoms with van der Waals surface area (Å²) in [5, 5.41) is 8.65. The number of ether oxygens (including phenoxy) is 1. The minimum Gasteiger partial charge on any atom is -0.482 e. The Kier molecular flexibility index (Phi) is 4.59. The lowest BCUT2D eigenvalue weighted by Gasteiger charge is -2.27. The van der Waals surface area contributed by atoms with Gasteiger partial charge in [0.25, 0.3) is 0 Å². The highest BCUT2D eigenvalue weighted by Gasteiger charge is 2.13. The zero-order valence-corrected chi connectivity index (χ0v) is 10.5. The highest BCUT2D eigenvalue weighted by atomic mass is 16.5. The second kappa shape index (κ2) is 6.40. The van der Waals surface area contributed by atoms with E-state index in [-0.39, 0.29) is 6.61 Å². The molecule has 1 aliphatic rings. The third-order valence-corrected chi connectivity index (χ3v) is 3.17. The molecule has 18 heavy (non-hydrogen) atoms. The van der Waals surface area contributed by atoms with Crippen molar-refractivity contribution in [1.82, 2.24) is 4.90 Å². The quantitative estimate of drug-likeness (QED) is 0.868. The molecule has 4 heteroatoms. The normalized spacial score (nSPS) is 16.4. The number of rotatable bonds is 5. The Labute approximate surface area is 107 Å². The van der Waals surface area contributed by atoms with Crippen LogP contribution < -0.4 is 4.74 Å². The molecule has 0 radical (unpaired) electrons. The maximum Gasteiger partial charge on any atom is 0.341 e. The van der Waals surface area contributed by atoms with Crippen LogP contribution in [0.4, 0.5) is 0 Å². The number of para-hydroxylation sites is 1. The maximum absolute atomic E-state index is 10.5. The molecule has 2 rings (SSSR count). The molecule has 0 amide bonds. The average molecular weight is 249 g/mol. The van der Waals surface area contributed by atoms with Crippen LogP contribution in [0.25, 0.3) is 0 Å². The van der Waals surface area contributed by atoms with Crippen LogP contribution in [0, 0.1) is 0 Å². The number of carbonyl (C=O) groups is 1. The fourth-order valence-electron chi connectivity index (χ4n) is 2.27. The second-order valence-corrected chi connectivity index (χ2v) is 4.63. The van der Waals surface area contributed by atoms with Gasteiger partial charge in [0.05, 0.1) is 0 Å². The first-order valence-corrected chi connectivity index (χ1v) is 6.40. The van der Waals surface area contributed by atoms with Crippen molar-refractivity contribution in [2.45, 2.75) is 25.8 Å². The van der Waals surface area contributed by atoms with Crippen LogP contribution in [-0.2, 0) is 11.3 Å². The molecule has 0 aromatic heterocycles. The van der Waals surface area contributed by atoms with Gasteiger partial charge < -0.3 is 9.84 Å². The van der Waals surface area contributed by atoms with Crippen molar-refractivity contribution < 1.29 is 14.6 Å². The van der Waals surface area contributed by atoms with E-state index in [1.807, 2.05) is 24.3 Å². The van der Waals surface area contributed by atoms with Gasteiger partial charge in [0, 0.05) is 12.1 Å². The maximum atomic E-state index is 10.5. The molecule has 0 aliphatic carbocycles. The Bertz CT molecular complexity index is 400. The van der Waals surface area contributed by atoms with Gasteiger partial charge in [0.15, 0.2) is 6.61 Å². The van der Waals surface area contributed by atoms with E-state index in [1.165, 1.54) is 19.3 Å². The van der Waals surface area contributed by atoms with E-state index < -0.39 is 5.97 Å². The molecule has 0 spiro atoms. The number of piperidine rings is 1. The van der Waals surface area contributed by atoms with E-state index >= 15 is 0 Å².